The maximum Gasteiger partial charge on any atom is 0.145 e. The number of rotatable bonds is 5. The van der Waals surface area contributed by atoms with E-state index < -0.39 is 0 Å². The molecule has 7 aromatic carbocycles. The van der Waals surface area contributed by atoms with E-state index in [-0.39, 0.29) is 5.41 Å². The zero-order valence-corrected chi connectivity index (χ0v) is 31.1. The van der Waals surface area contributed by atoms with Crippen LogP contribution in [0.5, 0.6) is 0 Å². The third-order valence-electron chi connectivity index (χ3n) is 11.7. The highest BCUT2D eigenvalue weighted by molar-refractivity contribution is 6.22. The van der Waals surface area contributed by atoms with Crippen LogP contribution in [-0.4, -0.2) is 19.5 Å². The second-order valence-electron chi connectivity index (χ2n) is 15.2. The van der Waals surface area contributed by atoms with Gasteiger partial charge in [0.05, 0.1) is 22.4 Å². The summed E-state index contributed by atoms with van der Waals surface area (Å²) in [6.07, 6.45) is 3.84. The van der Waals surface area contributed by atoms with Gasteiger partial charge < -0.3 is 0 Å². The third-order valence-corrected chi connectivity index (χ3v) is 11.7. The van der Waals surface area contributed by atoms with Gasteiger partial charge in [0.2, 0.25) is 0 Å². The molecule has 0 bridgehead atoms. The Kier molecular flexibility index (Phi) is 7.17. The van der Waals surface area contributed by atoms with E-state index in [2.05, 4.69) is 175 Å². The smallest absolute Gasteiger partial charge is 0.145 e. The summed E-state index contributed by atoms with van der Waals surface area (Å²) in [7, 11) is 0. The summed E-state index contributed by atoms with van der Waals surface area (Å²) in [5.41, 5.74) is 15.8. The number of aromatic nitrogens is 4. The molecule has 1 aliphatic carbocycles. The van der Waals surface area contributed by atoms with Gasteiger partial charge in [-0.05, 0) is 115 Å². The molecule has 3 aromatic heterocycles. The number of imidazole rings is 1. The summed E-state index contributed by atoms with van der Waals surface area (Å²) in [4.78, 5) is 14.7. The summed E-state index contributed by atoms with van der Waals surface area (Å²) in [5.74, 6) is 0.923. The fourth-order valence-corrected chi connectivity index (χ4v) is 9.04. The topological polar surface area (TPSA) is 43.6 Å². The van der Waals surface area contributed by atoms with Gasteiger partial charge in [-0.25, -0.2) is 4.98 Å². The van der Waals surface area contributed by atoms with Gasteiger partial charge in [0.15, 0.2) is 0 Å². The minimum Gasteiger partial charge on any atom is -0.292 e. The molecule has 0 aliphatic heterocycles. The minimum absolute atomic E-state index is 0.143. The van der Waals surface area contributed by atoms with Crippen LogP contribution in [-0.2, 0) is 5.41 Å². The Labute approximate surface area is 325 Å². The third kappa shape index (κ3) is 4.89. The normalized spacial score (nSPS) is 13.0. The molecule has 0 unspecified atom stereocenters. The van der Waals surface area contributed by atoms with Crippen molar-refractivity contribution in [2.75, 3.05) is 0 Å². The zero-order valence-electron chi connectivity index (χ0n) is 31.1. The van der Waals surface area contributed by atoms with Crippen molar-refractivity contribution in [2.24, 2.45) is 0 Å². The molecule has 0 N–H and O–H groups in total. The van der Waals surface area contributed by atoms with Crippen LogP contribution in [0.1, 0.15) is 25.0 Å². The molecule has 4 heteroatoms. The van der Waals surface area contributed by atoms with E-state index in [1.54, 1.807) is 0 Å². The van der Waals surface area contributed by atoms with Crippen LogP contribution in [0.4, 0.5) is 0 Å². The molecule has 264 valence electrons. The highest BCUT2D eigenvalue weighted by atomic mass is 15.1. The van der Waals surface area contributed by atoms with Gasteiger partial charge in [-0.1, -0.05) is 129 Å². The lowest BCUT2D eigenvalue weighted by atomic mass is 9.79. The summed E-state index contributed by atoms with van der Waals surface area (Å²) < 4.78 is 2.26. The molecule has 0 saturated carbocycles. The first-order chi connectivity index (χ1) is 27.5. The van der Waals surface area contributed by atoms with E-state index in [0.29, 0.717) is 0 Å². The van der Waals surface area contributed by atoms with E-state index in [4.69, 9.17) is 9.97 Å². The molecule has 0 saturated heterocycles. The highest BCUT2D eigenvalue weighted by Gasteiger charge is 2.36. The second-order valence-corrected chi connectivity index (χ2v) is 15.2. The lowest BCUT2D eigenvalue weighted by Gasteiger charge is -2.24. The first-order valence-electron chi connectivity index (χ1n) is 19.2. The Morgan fingerprint density at radius 1 is 0.464 bits per heavy atom. The molecule has 3 heterocycles. The van der Waals surface area contributed by atoms with Gasteiger partial charge in [0, 0.05) is 34.6 Å². The summed E-state index contributed by atoms with van der Waals surface area (Å²) in [6.45, 7) is 4.71. The molecule has 56 heavy (non-hydrogen) atoms. The molecule has 11 rings (SSSR count). The van der Waals surface area contributed by atoms with Crippen LogP contribution < -0.4 is 0 Å². The van der Waals surface area contributed by atoms with E-state index in [0.717, 1.165) is 50.6 Å². The van der Waals surface area contributed by atoms with E-state index in [1.165, 1.54) is 54.9 Å². The molecule has 4 nitrogen and oxygen atoms in total. The van der Waals surface area contributed by atoms with E-state index in [1.807, 2.05) is 30.6 Å². The Hall–Kier alpha value is -7.17. The van der Waals surface area contributed by atoms with Crippen molar-refractivity contribution >= 4 is 32.6 Å². The fraction of sp³-hybridized carbons (Fsp3) is 0.0577. The van der Waals surface area contributed by atoms with Gasteiger partial charge >= 0.3 is 0 Å². The van der Waals surface area contributed by atoms with Gasteiger partial charge in [0.1, 0.15) is 5.82 Å². The quantitative estimate of drug-likeness (QED) is 0.167. The molecule has 10 aromatic rings. The molecule has 0 radical (unpaired) electrons. The maximum absolute atomic E-state index is 5.16. The predicted molar refractivity (Wildman–Crippen MR) is 231 cm³/mol. The Bertz CT molecular complexity index is 3120. The zero-order chi connectivity index (χ0) is 37.4. The van der Waals surface area contributed by atoms with Crippen LogP contribution in [0.3, 0.4) is 0 Å². The number of para-hydroxylation sites is 3. The SMILES string of the molecule is CC1(C)c2ccccc2-c2cc3c(-c4ccc(-c5nc6ccccc6n5-c5ccccc5)cc4)c4ccccc4c(-c4ccc(-c5ccccn5)nc4)c3cc21. The molecule has 0 atom stereocenters. The van der Waals surface area contributed by atoms with Crippen molar-refractivity contribution in [2.45, 2.75) is 19.3 Å². The molecular formula is C52H36N4. The largest absolute Gasteiger partial charge is 0.292 e. The van der Waals surface area contributed by atoms with Crippen LogP contribution >= 0.6 is 0 Å². The number of pyridine rings is 2. The summed E-state index contributed by atoms with van der Waals surface area (Å²) in [6, 6.07) is 60.8. The first kappa shape index (κ1) is 32.3. The van der Waals surface area contributed by atoms with Crippen molar-refractivity contribution in [1.29, 1.82) is 0 Å². The average molecular weight is 717 g/mol. The van der Waals surface area contributed by atoms with Crippen molar-refractivity contribution in [3.63, 3.8) is 0 Å². The molecule has 0 spiro atoms. The van der Waals surface area contributed by atoms with Crippen LogP contribution in [0.25, 0.3) is 94.4 Å². The average Bonchev–Trinajstić information content (AvgIpc) is 3.75. The van der Waals surface area contributed by atoms with Crippen molar-refractivity contribution < 1.29 is 0 Å². The first-order valence-corrected chi connectivity index (χ1v) is 19.2. The van der Waals surface area contributed by atoms with Crippen molar-refractivity contribution in [3.05, 3.63) is 193 Å². The van der Waals surface area contributed by atoms with Gasteiger partial charge in [0.25, 0.3) is 0 Å². The number of fused-ring (bicyclic) bond motifs is 6. The van der Waals surface area contributed by atoms with Crippen LogP contribution in [0, 0.1) is 0 Å². The van der Waals surface area contributed by atoms with Crippen molar-refractivity contribution in [3.8, 4) is 61.8 Å². The second kappa shape index (κ2) is 12.4. The van der Waals surface area contributed by atoms with Crippen molar-refractivity contribution in [1.82, 2.24) is 19.5 Å². The molecule has 0 fully saturated rings. The Morgan fingerprint density at radius 2 is 1.11 bits per heavy atom. The van der Waals surface area contributed by atoms with Gasteiger partial charge in [-0.3, -0.25) is 14.5 Å². The van der Waals surface area contributed by atoms with Gasteiger partial charge in [-0.2, -0.15) is 0 Å². The van der Waals surface area contributed by atoms with Crippen LogP contribution in [0.15, 0.2) is 182 Å². The highest BCUT2D eigenvalue weighted by Crippen LogP contribution is 2.53. The number of benzene rings is 7. The maximum atomic E-state index is 5.16. The number of hydrogen-bond acceptors (Lipinski definition) is 3. The van der Waals surface area contributed by atoms with E-state index >= 15 is 0 Å². The Morgan fingerprint density at radius 3 is 1.88 bits per heavy atom. The van der Waals surface area contributed by atoms with Crippen LogP contribution in [0.2, 0.25) is 0 Å². The molecule has 0 amide bonds. The summed E-state index contributed by atoms with van der Waals surface area (Å²) in [5, 5.41) is 4.85. The fourth-order valence-electron chi connectivity index (χ4n) is 9.04. The standard InChI is InChI=1S/C52H36N4/c1-52(2)43-19-9-8-16-37(43)40-30-41-42(31-44(40)52)50(35-27-28-46(54-32-35)45-20-12-13-29-53-45)39-18-7-6-17-38(39)49(41)33-23-25-34(26-24-33)51-55-47-21-10-11-22-48(47)56(51)36-14-4-3-5-15-36/h3-32H,1-2H3. The van der Waals surface area contributed by atoms with E-state index in [9.17, 15) is 0 Å². The Balaban J connectivity index is 1.16. The summed E-state index contributed by atoms with van der Waals surface area (Å²) >= 11 is 0. The monoisotopic (exact) mass is 716 g/mol. The van der Waals surface area contributed by atoms with Gasteiger partial charge in [-0.15, -0.1) is 0 Å². The molecule has 1 aliphatic rings. The lowest BCUT2D eigenvalue weighted by molar-refractivity contribution is 0.661. The minimum atomic E-state index is -0.143. The lowest BCUT2D eigenvalue weighted by Crippen LogP contribution is -2.14. The predicted octanol–water partition coefficient (Wildman–Crippen LogP) is 13.1. The number of hydrogen-bond donors (Lipinski definition) is 0. The number of nitrogens with zero attached hydrogens (tertiary/aromatic N) is 4. The molecular weight excluding hydrogens is 681 g/mol.